The minimum absolute atomic E-state index is 0.113. The van der Waals surface area contributed by atoms with Crippen molar-refractivity contribution >= 4 is 47.4 Å². The van der Waals surface area contributed by atoms with Crippen molar-refractivity contribution in [2.75, 3.05) is 62.4 Å². The summed E-state index contributed by atoms with van der Waals surface area (Å²) in [5.74, 6) is -2.75. The molecule has 0 bridgehead atoms. The molecule has 0 aliphatic heterocycles. The van der Waals surface area contributed by atoms with Crippen LogP contribution in [0.1, 0.15) is 138 Å². The molecule has 0 fully saturated rings. The summed E-state index contributed by atoms with van der Waals surface area (Å²) in [7, 11) is 0. The van der Waals surface area contributed by atoms with Crippen LogP contribution in [-0.2, 0) is 56.4 Å². The maximum Gasteiger partial charge on any atom is 0.349 e. The third-order valence-electron chi connectivity index (χ3n) is 13.5. The average molecular weight is 1050 g/mol. The Morgan fingerprint density at radius 1 is 0.481 bits per heavy atom. The lowest BCUT2D eigenvalue weighted by Gasteiger charge is -2.26. The summed E-state index contributed by atoms with van der Waals surface area (Å²) in [6.45, 7) is 19.0. The first-order valence-corrected chi connectivity index (χ1v) is 27.4. The Kier molecular flexibility index (Phi) is 27.9. The quantitative estimate of drug-likeness (QED) is 0.0140. The van der Waals surface area contributed by atoms with Crippen LogP contribution in [0.5, 0.6) is 0 Å². The molecular formula is C65H80N4O8. The van der Waals surface area contributed by atoms with Crippen LogP contribution >= 0.6 is 0 Å². The maximum absolute atomic E-state index is 12.4. The Labute approximate surface area is 458 Å². The summed E-state index contributed by atoms with van der Waals surface area (Å²) in [6.07, 6.45) is 20.7. The number of nitriles is 2. The fourth-order valence-electron chi connectivity index (χ4n) is 8.75. The molecule has 12 heteroatoms. The summed E-state index contributed by atoms with van der Waals surface area (Å²) in [6, 6.07) is 38.0. The van der Waals surface area contributed by atoms with Gasteiger partial charge in [-0.3, -0.25) is 0 Å². The van der Waals surface area contributed by atoms with E-state index < -0.39 is 23.9 Å². The topological polar surface area (TPSA) is 159 Å². The highest BCUT2D eigenvalue weighted by Crippen LogP contribution is 2.32. The molecule has 0 heterocycles. The standard InChI is InChI=1S/C65H80N4O8/c1-7-11-39-68(59-35-27-53(28-36-59)47-55(49-66)63(72)76-45-43-74-61(70)9-3)41-19-15-13-17-21-51-23-31-57(32-24-51)65(5,6)58-33-25-52(26-34-58)22-18-14-16-20-42-69(40-12-8-2)60-37-29-54(30-38-60)48-56(50-67)64(73)77-46-44-75-62(71)10-4/h9-10,23-38,47-48H,3-4,7-8,11-22,39-46H2,1-2,5-6H3/b55-47+,56-48+. The summed E-state index contributed by atoms with van der Waals surface area (Å²) in [4.78, 5) is 52.0. The molecule has 0 aliphatic carbocycles. The Bertz CT molecular complexity index is 2440. The van der Waals surface area contributed by atoms with Crippen LogP contribution in [0.2, 0.25) is 0 Å². The minimum Gasteiger partial charge on any atom is -0.459 e. The lowest BCUT2D eigenvalue weighted by molar-refractivity contribution is -0.146. The van der Waals surface area contributed by atoms with Gasteiger partial charge in [0.2, 0.25) is 0 Å². The number of benzene rings is 4. The van der Waals surface area contributed by atoms with E-state index in [2.05, 4.69) is 99.2 Å². The molecule has 12 nitrogen and oxygen atoms in total. The smallest absolute Gasteiger partial charge is 0.349 e. The Morgan fingerprint density at radius 2 is 0.818 bits per heavy atom. The van der Waals surface area contributed by atoms with Gasteiger partial charge in [0.15, 0.2) is 0 Å². The SMILES string of the molecule is C=CC(=O)OCCOC(=O)/C(C#N)=C/c1ccc(N(CCCC)CCCCCCc2ccc(C(C)(C)c3ccc(CCCCCCN(CCCC)c4ccc(/C=C(\C#N)C(=O)OCCOC(=O)C=C)cc4)cc3)cc2)cc1. The van der Waals surface area contributed by atoms with Gasteiger partial charge in [-0.25, -0.2) is 19.2 Å². The molecule has 0 spiro atoms. The molecule has 4 aromatic carbocycles. The van der Waals surface area contributed by atoms with Crippen molar-refractivity contribution in [3.05, 3.63) is 167 Å². The van der Waals surface area contributed by atoms with Crippen molar-refractivity contribution < 1.29 is 38.1 Å². The van der Waals surface area contributed by atoms with E-state index in [1.165, 1.54) is 47.2 Å². The molecule has 408 valence electrons. The number of carbonyl (C=O) groups excluding carboxylic acids is 4. The van der Waals surface area contributed by atoms with E-state index in [9.17, 15) is 29.7 Å². The number of anilines is 2. The molecule has 0 saturated heterocycles. The van der Waals surface area contributed by atoms with Gasteiger partial charge in [0.05, 0.1) is 0 Å². The molecule has 0 unspecified atom stereocenters. The second-order valence-electron chi connectivity index (χ2n) is 19.6. The molecule has 0 radical (unpaired) electrons. The number of carbonyl (C=O) groups is 4. The van der Waals surface area contributed by atoms with Crippen LogP contribution in [0.25, 0.3) is 12.2 Å². The number of unbranched alkanes of at least 4 members (excludes halogenated alkanes) is 8. The number of aryl methyl sites for hydroxylation is 2. The van der Waals surface area contributed by atoms with Crippen molar-refractivity contribution in [3.63, 3.8) is 0 Å². The second kappa shape index (κ2) is 34.8. The van der Waals surface area contributed by atoms with Crippen LogP contribution in [0, 0.1) is 22.7 Å². The molecule has 4 aromatic rings. The zero-order valence-corrected chi connectivity index (χ0v) is 46.1. The van der Waals surface area contributed by atoms with Gasteiger partial charge in [0.25, 0.3) is 0 Å². The number of ether oxygens (including phenoxy) is 4. The predicted molar refractivity (Wildman–Crippen MR) is 308 cm³/mol. The van der Waals surface area contributed by atoms with Gasteiger partial charge in [-0.2, -0.15) is 10.5 Å². The average Bonchev–Trinajstić information content (AvgIpc) is 3.45. The molecule has 0 aromatic heterocycles. The number of hydrogen-bond donors (Lipinski definition) is 0. The molecule has 0 saturated carbocycles. The number of hydrogen-bond acceptors (Lipinski definition) is 12. The monoisotopic (exact) mass is 1040 g/mol. The van der Waals surface area contributed by atoms with E-state index in [4.69, 9.17) is 18.9 Å². The van der Waals surface area contributed by atoms with Crippen LogP contribution in [0.3, 0.4) is 0 Å². The number of nitrogens with zero attached hydrogens (tertiary/aromatic N) is 4. The second-order valence-corrected chi connectivity index (χ2v) is 19.6. The summed E-state index contributed by atoms with van der Waals surface area (Å²) < 4.78 is 19.8. The number of rotatable bonds is 36. The maximum atomic E-state index is 12.4. The first-order valence-electron chi connectivity index (χ1n) is 27.4. The summed E-state index contributed by atoms with van der Waals surface area (Å²) in [5.41, 5.74) is 8.68. The van der Waals surface area contributed by atoms with Gasteiger partial charge in [-0.05, 0) is 121 Å². The number of esters is 4. The highest BCUT2D eigenvalue weighted by Gasteiger charge is 2.23. The predicted octanol–water partition coefficient (Wildman–Crippen LogP) is 13.2. The normalized spacial score (nSPS) is 11.4. The Morgan fingerprint density at radius 3 is 1.16 bits per heavy atom. The van der Waals surface area contributed by atoms with Crippen molar-refractivity contribution in [1.82, 2.24) is 0 Å². The highest BCUT2D eigenvalue weighted by molar-refractivity contribution is 5.98. The first kappa shape index (κ1) is 61.8. The van der Waals surface area contributed by atoms with E-state index in [-0.39, 0.29) is 43.0 Å². The molecule has 77 heavy (non-hydrogen) atoms. The van der Waals surface area contributed by atoms with Crippen LogP contribution in [0.15, 0.2) is 134 Å². The van der Waals surface area contributed by atoms with Gasteiger partial charge in [-0.1, -0.05) is 152 Å². The van der Waals surface area contributed by atoms with Crippen LogP contribution < -0.4 is 9.80 Å². The third kappa shape index (κ3) is 22.2. The van der Waals surface area contributed by atoms with E-state index in [0.29, 0.717) is 0 Å². The van der Waals surface area contributed by atoms with E-state index in [1.54, 1.807) is 0 Å². The first-order chi connectivity index (χ1) is 37.3. The molecule has 0 amide bonds. The van der Waals surface area contributed by atoms with Crippen LogP contribution in [-0.4, -0.2) is 76.5 Å². The highest BCUT2D eigenvalue weighted by atomic mass is 16.6. The van der Waals surface area contributed by atoms with Gasteiger partial charge in [0, 0.05) is 55.1 Å². The fourth-order valence-corrected chi connectivity index (χ4v) is 8.75. The zero-order chi connectivity index (χ0) is 55.7. The van der Waals surface area contributed by atoms with E-state index >= 15 is 0 Å². The molecule has 4 rings (SSSR count). The van der Waals surface area contributed by atoms with Crippen molar-refractivity contribution in [2.45, 2.75) is 123 Å². The lowest BCUT2D eigenvalue weighted by Crippen LogP contribution is -2.25. The Balaban J connectivity index is 1.16. The largest absolute Gasteiger partial charge is 0.459 e. The van der Waals surface area contributed by atoms with Gasteiger partial charge in [-0.15, -0.1) is 0 Å². The van der Waals surface area contributed by atoms with Crippen molar-refractivity contribution in [3.8, 4) is 12.1 Å². The zero-order valence-electron chi connectivity index (χ0n) is 46.1. The van der Waals surface area contributed by atoms with Crippen LogP contribution in [0.4, 0.5) is 11.4 Å². The molecule has 0 atom stereocenters. The molecule has 0 aliphatic rings. The lowest BCUT2D eigenvalue weighted by atomic mass is 9.77. The van der Waals surface area contributed by atoms with Crippen molar-refractivity contribution in [1.29, 1.82) is 10.5 Å². The minimum atomic E-state index is -0.768. The summed E-state index contributed by atoms with van der Waals surface area (Å²) >= 11 is 0. The molecular weight excluding hydrogens is 965 g/mol. The van der Waals surface area contributed by atoms with Gasteiger partial charge < -0.3 is 28.7 Å². The van der Waals surface area contributed by atoms with Gasteiger partial charge >= 0.3 is 23.9 Å². The van der Waals surface area contributed by atoms with Crippen molar-refractivity contribution in [2.24, 2.45) is 0 Å². The van der Waals surface area contributed by atoms with E-state index in [1.807, 2.05) is 60.7 Å². The fraction of sp³-hybridized carbons (Fsp3) is 0.415. The molecule has 0 N–H and O–H groups in total. The Hall–Kier alpha value is -7.70. The summed E-state index contributed by atoms with van der Waals surface area (Å²) in [5, 5.41) is 19.1. The van der Waals surface area contributed by atoms with Gasteiger partial charge in [0.1, 0.15) is 49.7 Å². The van der Waals surface area contributed by atoms with E-state index in [0.717, 1.165) is 138 Å². The third-order valence-corrected chi connectivity index (χ3v) is 13.5.